The summed E-state index contributed by atoms with van der Waals surface area (Å²) in [5.74, 6) is -0.671. The zero-order chi connectivity index (χ0) is 28.7. The van der Waals surface area contributed by atoms with Crippen LogP contribution in [-0.4, -0.2) is 53.4 Å². The first kappa shape index (κ1) is 31.8. The lowest BCUT2D eigenvalue weighted by atomic mass is 10.0. The molecule has 2 rings (SSSR count). The van der Waals surface area contributed by atoms with E-state index in [4.69, 9.17) is 9.47 Å². The number of ether oxygens (including phenoxy) is 2. The van der Waals surface area contributed by atoms with Crippen molar-refractivity contribution in [3.8, 4) is 0 Å². The van der Waals surface area contributed by atoms with Gasteiger partial charge in [-0.1, -0.05) is 76.6 Å². The quantitative estimate of drug-likeness (QED) is 0.213. The van der Waals surface area contributed by atoms with Crippen LogP contribution >= 0.6 is 15.9 Å². The first-order valence-corrected chi connectivity index (χ1v) is 14.1. The summed E-state index contributed by atoms with van der Waals surface area (Å²) >= 11 is 3.18. The molecule has 3 N–H and O–H groups in total. The Labute approximate surface area is 238 Å². The Morgan fingerprint density at radius 3 is 2.03 bits per heavy atom. The SMILES string of the molecule is CC(C)(C)OC(=O)NCCCC[C@H](NC(=O)[C@H](Cc1ccccc1)NC(=O)OCc1ccccc1)C(=O)CBr. The van der Waals surface area contributed by atoms with Gasteiger partial charge in [0.15, 0.2) is 5.78 Å². The first-order valence-electron chi connectivity index (χ1n) is 12.9. The van der Waals surface area contributed by atoms with Crippen LogP contribution in [0.15, 0.2) is 60.7 Å². The number of unbranched alkanes of at least 4 members (excludes halogenated alkanes) is 1. The summed E-state index contributed by atoms with van der Waals surface area (Å²) < 4.78 is 10.5. The van der Waals surface area contributed by atoms with E-state index in [0.29, 0.717) is 25.8 Å². The number of rotatable bonds is 14. The Kier molecular flexibility index (Phi) is 13.5. The van der Waals surface area contributed by atoms with Gasteiger partial charge in [-0.05, 0) is 51.2 Å². The molecule has 0 saturated carbocycles. The molecule has 2 aromatic carbocycles. The number of nitrogens with one attached hydrogen (secondary N) is 3. The van der Waals surface area contributed by atoms with Crippen molar-refractivity contribution in [3.05, 3.63) is 71.8 Å². The molecule has 2 atom stereocenters. The van der Waals surface area contributed by atoms with E-state index in [1.807, 2.05) is 60.7 Å². The summed E-state index contributed by atoms with van der Waals surface area (Å²) in [6.07, 6.45) is 0.545. The monoisotopic (exact) mass is 603 g/mol. The van der Waals surface area contributed by atoms with Crippen LogP contribution in [0.4, 0.5) is 9.59 Å². The molecule has 3 amide bonds. The molecule has 0 unspecified atom stereocenters. The zero-order valence-corrected chi connectivity index (χ0v) is 24.3. The number of benzene rings is 2. The summed E-state index contributed by atoms with van der Waals surface area (Å²) in [4.78, 5) is 50.2. The first-order chi connectivity index (χ1) is 18.6. The van der Waals surface area contributed by atoms with Crippen molar-refractivity contribution >= 4 is 39.8 Å². The van der Waals surface area contributed by atoms with Crippen molar-refractivity contribution in [2.75, 3.05) is 11.9 Å². The van der Waals surface area contributed by atoms with Crippen molar-refractivity contribution < 1.29 is 28.7 Å². The summed E-state index contributed by atoms with van der Waals surface area (Å²) in [5, 5.41) is 8.20. The summed E-state index contributed by atoms with van der Waals surface area (Å²) in [6, 6.07) is 16.8. The number of halogens is 1. The highest BCUT2D eigenvalue weighted by molar-refractivity contribution is 9.09. The second kappa shape index (κ2) is 16.5. The largest absolute Gasteiger partial charge is 0.445 e. The fourth-order valence-electron chi connectivity index (χ4n) is 3.62. The lowest BCUT2D eigenvalue weighted by Gasteiger charge is -2.23. The van der Waals surface area contributed by atoms with Gasteiger partial charge in [-0.25, -0.2) is 9.59 Å². The van der Waals surface area contributed by atoms with Crippen LogP contribution in [0.1, 0.15) is 51.2 Å². The minimum atomic E-state index is -0.949. The van der Waals surface area contributed by atoms with Crippen LogP contribution in [0.3, 0.4) is 0 Å². The van der Waals surface area contributed by atoms with Crippen molar-refractivity contribution in [1.82, 2.24) is 16.0 Å². The van der Waals surface area contributed by atoms with Crippen LogP contribution in [0.25, 0.3) is 0 Å². The molecule has 10 heteroatoms. The highest BCUT2D eigenvalue weighted by Gasteiger charge is 2.27. The molecular formula is C29H38BrN3O6. The van der Waals surface area contributed by atoms with Crippen molar-refractivity contribution in [2.45, 2.75) is 70.7 Å². The van der Waals surface area contributed by atoms with Gasteiger partial charge in [0.2, 0.25) is 5.91 Å². The van der Waals surface area contributed by atoms with Crippen LogP contribution in [0.5, 0.6) is 0 Å². The Hall–Kier alpha value is -3.40. The number of amides is 3. The minimum absolute atomic E-state index is 0.0639. The number of hydrogen-bond acceptors (Lipinski definition) is 6. The van der Waals surface area contributed by atoms with Crippen LogP contribution in [0.2, 0.25) is 0 Å². The number of carbonyl (C=O) groups is 4. The van der Waals surface area contributed by atoms with E-state index in [1.165, 1.54) is 0 Å². The van der Waals surface area contributed by atoms with Gasteiger partial charge in [0.05, 0.1) is 11.4 Å². The lowest BCUT2D eigenvalue weighted by molar-refractivity contribution is -0.128. The molecule has 9 nitrogen and oxygen atoms in total. The lowest BCUT2D eigenvalue weighted by Crippen LogP contribution is -2.52. The molecule has 0 aromatic heterocycles. The second-order valence-electron chi connectivity index (χ2n) is 10.0. The average molecular weight is 605 g/mol. The van der Waals surface area contributed by atoms with Crippen molar-refractivity contribution in [2.24, 2.45) is 0 Å². The van der Waals surface area contributed by atoms with Gasteiger partial charge in [-0.3, -0.25) is 9.59 Å². The Bertz CT molecular complexity index is 1060. The third kappa shape index (κ3) is 13.3. The van der Waals surface area contributed by atoms with E-state index in [2.05, 4.69) is 31.9 Å². The maximum atomic E-state index is 13.3. The fourth-order valence-corrected chi connectivity index (χ4v) is 4.01. The van der Waals surface area contributed by atoms with Crippen molar-refractivity contribution in [3.63, 3.8) is 0 Å². The molecular weight excluding hydrogens is 566 g/mol. The Morgan fingerprint density at radius 1 is 0.821 bits per heavy atom. The molecule has 212 valence electrons. The molecule has 0 aliphatic rings. The topological polar surface area (TPSA) is 123 Å². The molecule has 0 spiro atoms. The van der Waals surface area contributed by atoms with Gasteiger partial charge in [-0.2, -0.15) is 0 Å². The fraction of sp³-hybridized carbons (Fsp3) is 0.448. The van der Waals surface area contributed by atoms with Gasteiger partial charge in [0.1, 0.15) is 18.2 Å². The normalized spacial score (nSPS) is 12.5. The van der Waals surface area contributed by atoms with Crippen LogP contribution in [-0.2, 0) is 32.1 Å². The summed E-state index contributed by atoms with van der Waals surface area (Å²) in [6.45, 7) is 5.80. The number of ketones is 1. The molecule has 39 heavy (non-hydrogen) atoms. The maximum absolute atomic E-state index is 13.3. The van der Waals surface area contributed by atoms with Crippen LogP contribution < -0.4 is 16.0 Å². The highest BCUT2D eigenvalue weighted by atomic mass is 79.9. The van der Waals surface area contributed by atoms with Gasteiger partial charge >= 0.3 is 12.2 Å². The van der Waals surface area contributed by atoms with E-state index in [1.54, 1.807) is 20.8 Å². The predicted octanol–water partition coefficient (Wildman–Crippen LogP) is 4.67. The van der Waals surface area contributed by atoms with E-state index in [0.717, 1.165) is 11.1 Å². The number of Topliss-reactive ketones (excluding diaryl/α,β-unsaturated/α-hetero) is 1. The molecule has 0 bridgehead atoms. The Balaban J connectivity index is 1.96. The second-order valence-corrected chi connectivity index (χ2v) is 10.6. The van der Waals surface area contributed by atoms with Gasteiger partial charge < -0.3 is 25.4 Å². The molecule has 0 heterocycles. The molecule has 0 aliphatic carbocycles. The average Bonchev–Trinajstić information content (AvgIpc) is 2.90. The molecule has 0 aliphatic heterocycles. The molecule has 0 radical (unpaired) electrons. The maximum Gasteiger partial charge on any atom is 0.408 e. The smallest absolute Gasteiger partial charge is 0.408 e. The highest BCUT2D eigenvalue weighted by Crippen LogP contribution is 2.10. The minimum Gasteiger partial charge on any atom is -0.445 e. The number of carbonyl (C=O) groups excluding carboxylic acids is 4. The van der Waals surface area contributed by atoms with E-state index < -0.39 is 35.8 Å². The van der Waals surface area contributed by atoms with Gasteiger partial charge in [0, 0.05) is 13.0 Å². The van der Waals surface area contributed by atoms with Gasteiger partial charge in [0.25, 0.3) is 0 Å². The van der Waals surface area contributed by atoms with Gasteiger partial charge in [-0.15, -0.1) is 0 Å². The molecule has 0 saturated heterocycles. The molecule has 0 fully saturated rings. The van der Waals surface area contributed by atoms with E-state index in [-0.39, 0.29) is 24.1 Å². The van der Waals surface area contributed by atoms with E-state index in [9.17, 15) is 19.2 Å². The van der Waals surface area contributed by atoms with E-state index >= 15 is 0 Å². The Morgan fingerprint density at radius 2 is 1.44 bits per heavy atom. The summed E-state index contributed by atoms with van der Waals surface area (Å²) in [5.41, 5.74) is 1.08. The zero-order valence-electron chi connectivity index (χ0n) is 22.7. The predicted molar refractivity (Wildman–Crippen MR) is 153 cm³/mol. The molecule has 2 aromatic rings. The number of alkyl carbamates (subject to hydrolysis) is 2. The number of alkyl halides is 1. The third-order valence-electron chi connectivity index (χ3n) is 5.53. The standard InChI is InChI=1S/C29H38BrN3O6/c1-29(2,3)39-27(36)31-17-11-10-16-23(25(34)19-30)32-26(35)24(18-21-12-6-4-7-13-21)33-28(37)38-20-22-14-8-5-9-15-22/h4-9,12-15,23-24H,10-11,16-20H2,1-3H3,(H,31,36)(H,32,35)(H,33,37)/t23-,24-/m0/s1. The summed E-state index contributed by atoms with van der Waals surface area (Å²) in [7, 11) is 0. The van der Waals surface area contributed by atoms with Crippen LogP contribution in [0, 0.1) is 0 Å². The third-order valence-corrected chi connectivity index (χ3v) is 6.08. The number of hydrogen-bond donors (Lipinski definition) is 3. The van der Waals surface area contributed by atoms with Crippen molar-refractivity contribution in [1.29, 1.82) is 0 Å².